The Balaban J connectivity index is 0.943. The Kier molecular flexibility index (Phi) is 7.67. The van der Waals surface area contributed by atoms with Gasteiger partial charge < -0.3 is 4.74 Å². The molecule has 3 aliphatic carbocycles. The average molecular weight is 719 g/mol. The van der Waals surface area contributed by atoms with Crippen LogP contribution >= 0.6 is 0 Å². The van der Waals surface area contributed by atoms with Crippen molar-refractivity contribution < 1.29 is 4.74 Å². The molecule has 266 valence electrons. The zero-order valence-electron chi connectivity index (χ0n) is 30.8. The zero-order chi connectivity index (χ0) is 37.1. The van der Waals surface area contributed by atoms with E-state index in [0.29, 0.717) is 5.92 Å². The van der Waals surface area contributed by atoms with Crippen molar-refractivity contribution in [2.45, 2.75) is 18.3 Å². The topological polar surface area (TPSA) is 35.0 Å². The number of para-hydroxylation sites is 1. The fourth-order valence-corrected chi connectivity index (χ4v) is 9.55. The largest absolute Gasteiger partial charge is 0.461 e. The SMILES string of the molecule is C1=CC2=C(Oc3ccccc3C23c2ccccc2-c2ccccc23)C(C2C=CC(c3cccc(-c4cc(-c5ccccc5)nc(-c5ccccc5)n4)c3)=CC2)C1. The molecule has 11 rings (SSSR count). The summed E-state index contributed by atoms with van der Waals surface area (Å²) in [6.07, 6.45) is 13.8. The fraction of sp³-hybridized carbons (Fsp3) is 0.0943. The van der Waals surface area contributed by atoms with E-state index in [9.17, 15) is 0 Å². The van der Waals surface area contributed by atoms with Gasteiger partial charge in [-0.1, -0.05) is 176 Å². The first kappa shape index (κ1) is 32.6. The molecule has 0 radical (unpaired) electrons. The summed E-state index contributed by atoms with van der Waals surface area (Å²) in [6, 6.07) is 58.1. The van der Waals surface area contributed by atoms with Gasteiger partial charge in [-0.15, -0.1) is 0 Å². The normalized spacial score (nSPS) is 18.4. The Morgan fingerprint density at radius 2 is 1.12 bits per heavy atom. The van der Waals surface area contributed by atoms with Crippen molar-refractivity contribution in [3.63, 3.8) is 0 Å². The molecule has 1 aliphatic heterocycles. The second-order valence-corrected chi connectivity index (χ2v) is 15.2. The first-order valence-corrected chi connectivity index (χ1v) is 19.6. The number of ether oxygens (including phenoxy) is 1. The van der Waals surface area contributed by atoms with Gasteiger partial charge in [0, 0.05) is 33.7 Å². The molecular formula is C53H38N2O. The van der Waals surface area contributed by atoms with Crippen molar-refractivity contribution in [3.8, 4) is 50.8 Å². The second kappa shape index (κ2) is 13.2. The van der Waals surface area contributed by atoms with Crippen LogP contribution in [-0.2, 0) is 5.41 Å². The highest BCUT2D eigenvalue weighted by Crippen LogP contribution is 2.62. The number of fused-ring (bicyclic) bond motifs is 8. The molecule has 6 aromatic carbocycles. The van der Waals surface area contributed by atoms with Gasteiger partial charge >= 0.3 is 0 Å². The smallest absolute Gasteiger partial charge is 0.160 e. The third-order valence-electron chi connectivity index (χ3n) is 12.1. The van der Waals surface area contributed by atoms with Crippen molar-refractivity contribution in [2.75, 3.05) is 0 Å². The number of allylic oxidation sites excluding steroid dienone is 8. The molecule has 0 bridgehead atoms. The van der Waals surface area contributed by atoms with Crippen molar-refractivity contribution in [2.24, 2.45) is 11.8 Å². The van der Waals surface area contributed by atoms with Crippen molar-refractivity contribution >= 4 is 5.57 Å². The van der Waals surface area contributed by atoms with Crippen LogP contribution in [0.15, 0.2) is 206 Å². The molecule has 0 fully saturated rings. The van der Waals surface area contributed by atoms with Crippen LogP contribution in [-0.4, -0.2) is 9.97 Å². The van der Waals surface area contributed by atoms with Crippen molar-refractivity contribution in [1.29, 1.82) is 0 Å². The molecule has 0 saturated carbocycles. The zero-order valence-corrected chi connectivity index (χ0v) is 30.8. The highest BCUT2D eigenvalue weighted by molar-refractivity contribution is 5.88. The minimum atomic E-state index is -0.423. The molecule has 2 heterocycles. The van der Waals surface area contributed by atoms with Crippen LogP contribution in [0.4, 0.5) is 0 Å². The molecule has 3 nitrogen and oxygen atoms in total. The molecule has 3 heteroatoms. The van der Waals surface area contributed by atoms with Crippen molar-refractivity contribution in [3.05, 3.63) is 228 Å². The summed E-state index contributed by atoms with van der Waals surface area (Å²) < 4.78 is 7.04. The van der Waals surface area contributed by atoms with Gasteiger partial charge in [-0.3, -0.25) is 0 Å². The lowest BCUT2D eigenvalue weighted by atomic mass is 9.62. The van der Waals surface area contributed by atoms with Gasteiger partial charge in [0.15, 0.2) is 5.82 Å². The summed E-state index contributed by atoms with van der Waals surface area (Å²) in [5, 5.41) is 0. The van der Waals surface area contributed by atoms with Gasteiger partial charge in [-0.2, -0.15) is 0 Å². The number of benzene rings is 6. The third-order valence-corrected chi connectivity index (χ3v) is 12.1. The standard InChI is InChI=1S/C53H38N2O/c1-3-15-37(16-4-1)48-34-49(55-52(54-48)38-17-5-2-6-18-38)40-20-13-19-39(33-40)35-29-31-36(32-30-35)41-23-14-27-47-51(41)56-50-28-12-11-26-46(50)53(47)44-24-9-7-21-42(44)43-22-8-10-25-45(43)53/h1-22,24-31,33-34,36,41H,23,32H2. The molecule has 0 amide bonds. The maximum atomic E-state index is 7.04. The molecule has 2 atom stereocenters. The van der Waals surface area contributed by atoms with Gasteiger partial charge in [0.25, 0.3) is 0 Å². The number of hydrogen-bond acceptors (Lipinski definition) is 3. The predicted molar refractivity (Wildman–Crippen MR) is 227 cm³/mol. The Morgan fingerprint density at radius 1 is 0.518 bits per heavy atom. The Morgan fingerprint density at radius 3 is 1.84 bits per heavy atom. The van der Waals surface area contributed by atoms with E-state index < -0.39 is 5.41 Å². The first-order valence-electron chi connectivity index (χ1n) is 19.6. The average Bonchev–Trinajstić information content (AvgIpc) is 3.57. The Hall–Kier alpha value is -6.84. The van der Waals surface area contributed by atoms with E-state index in [-0.39, 0.29) is 5.92 Å². The summed E-state index contributed by atoms with van der Waals surface area (Å²) in [6.45, 7) is 0. The summed E-state index contributed by atoms with van der Waals surface area (Å²) in [5.74, 6) is 3.31. The lowest BCUT2D eigenvalue weighted by molar-refractivity contribution is 0.275. The van der Waals surface area contributed by atoms with E-state index in [1.807, 2.05) is 24.3 Å². The molecule has 0 saturated heterocycles. The van der Waals surface area contributed by atoms with E-state index in [1.54, 1.807) is 0 Å². The van der Waals surface area contributed by atoms with E-state index in [0.717, 1.165) is 58.3 Å². The van der Waals surface area contributed by atoms with Crippen LogP contribution in [0, 0.1) is 11.8 Å². The molecule has 56 heavy (non-hydrogen) atoms. The van der Waals surface area contributed by atoms with Gasteiger partial charge in [-0.05, 0) is 70.3 Å². The van der Waals surface area contributed by atoms with E-state index >= 15 is 0 Å². The monoisotopic (exact) mass is 718 g/mol. The highest BCUT2D eigenvalue weighted by Gasteiger charge is 2.53. The maximum absolute atomic E-state index is 7.04. The van der Waals surface area contributed by atoms with Gasteiger partial charge in [0.2, 0.25) is 0 Å². The minimum absolute atomic E-state index is 0.217. The summed E-state index contributed by atoms with van der Waals surface area (Å²) >= 11 is 0. The third kappa shape index (κ3) is 5.12. The van der Waals surface area contributed by atoms with Gasteiger partial charge in [0.1, 0.15) is 11.5 Å². The number of hydrogen-bond donors (Lipinski definition) is 0. The molecule has 7 aromatic rings. The number of rotatable bonds is 5. The van der Waals surface area contributed by atoms with Crippen molar-refractivity contribution in [1.82, 2.24) is 9.97 Å². The predicted octanol–water partition coefficient (Wildman–Crippen LogP) is 12.7. The van der Waals surface area contributed by atoms with Gasteiger partial charge in [-0.25, -0.2) is 9.97 Å². The fourth-order valence-electron chi connectivity index (χ4n) is 9.55. The van der Waals surface area contributed by atoms with Gasteiger partial charge in [0.05, 0.1) is 16.8 Å². The van der Waals surface area contributed by atoms with Crippen LogP contribution in [0.2, 0.25) is 0 Å². The van der Waals surface area contributed by atoms with E-state index in [2.05, 4.69) is 170 Å². The maximum Gasteiger partial charge on any atom is 0.160 e. The number of nitrogens with zero attached hydrogens (tertiary/aromatic N) is 2. The summed E-state index contributed by atoms with van der Waals surface area (Å²) in [5.41, 5.74) is 14.7. The Bertz CT molecular complexity index is 2690. The second-order valence-electron chi connectivity index (χ2n) is 15.2. The molecule has 0 N–H and O–H groups in total. The quantitative estimate of drug-likeness (QED) is 0.178. The van der Waals surface area contributed by atoms with Crippen LogP contribution < -0.4 is 4.74 Å². The summed E-state index contributed by atoms with van der Waals surface area (Å²) in [4.78, 5) is 10.1. The molecule has 1 aromatic heterocycles. The van der Waals surface area contributed by atoms with Crippen LogP contribution in [0.5, 0.6) is 5.75 Å². The minimum Gasteiger partial charge on any atom is -0.461 e. The van der Waals surface area contributed by atoms with Crippen LogP contribution in [0.3, 0.4) is 0 Å². The molecule has 1 spiro atoms. The lowest BCUT2D eigenvalue weighted by Gasteiger charge is -2.44. The van der Waals surface area contributed by atoms with E-state index in [4.69, 9.17) is 14.7 Å². The van der Waals surface area contributed by atoms with Crippen LogP contribution in [0.1, 0.15) is 35.1 Å². The van der Waals surface area contributed by atoms with E-state index in [1.165, 1.54) is 44.5 Å². The molecule has 4 aliphatic rings. The first-order chi connectivity index (χ1) is 27.8. The van der Waals surface area contributed by atoms with Crippen LogP contribution in [0.25, 0.3) is 50.6 Å². The lowest BCUT2D eigenvalue weighted by Crippen LogP contribution is -2.38. The molecule has 2 unspecified atom stereocenters. The summed E-state index contributed by atoms with van der Waals surface area (Å²) in [7, 11) is 0. The molecular weight excluding hydrogens is 681 g/mol. The number of aromatic nitrogens is 2. The highest BCUT2D eigenvalue weighted by atomic mass is 16.5. The Labute approximate surface area is 327 Å².